The molecule has 1 radical (unpaired) electrons. The fraction of sp³-hybridized carbons (Fsp3) is 0.917. The highest BCUT2D eigenvalue weighted by molar-refractivity contribution is 4.73. The topological polar surface area (TPSA) is 6.48 Å². The van der Waals surface area contributed by atoms with E-state index in [-0.39, 0.29) is 0 Å². The summed E-state index contributed by atoms with van der Waals surface area (Å²) in [5, 5.41) is 0. The Morgan fingerprint density at radius 3 is 1.79 bits per heavy atom. The predicted octanol–water partition coefficient (Wildman–Crippen LogP) is 2.26. The van der Waals surface area contributed by atoms with Crippen molar-refractivity contribution in [2.24, 2.45) is 0 Å². The molecule has 0 aromatic rings. The van der Waals surface area contributed by atoms with Gasteiger partial charge in [-0.3, -0.25) is 0 Å². The van der Waals surface area contributed by atoms with E-state index in [1.807, 2.05) is 0 Å². The highest BCUT2D eigenvalue weighted by Crippen LogP contribution is 2.04. The molecule has 2 nitrogen and oxygen atoms in total. The smallest absolute Gasteiger partial charge is 0.0108 e. The Labute approximate surface area is 90.3 Å². The maximum absolute atomic E-state index is 4.22. The first-order chi connectivity index (χ1) is 6.69. The normalized spacial score (nSPS) is 13.9. The van der Waals surface area contributed by atoms with Crippen LogP contribution in [0.1, 0.15) is 34.1 Å². The maximum Gasteiger partial charge on any atom is 0.0108 e. The summed E-state index contributed by atoms with van der Waals surface area (Å²) in [5.41, 5.74) is 0. The van der Waals surface area contributed by atoms with Crippen LogP contribution in [0.4, 0.5) is 0 Å². The van der Waals surface area contributed by atoms with Gasteiger partial charge in [0.05, 0.1) is 0 Å². The van der Waals surface area contributed by atoms with Crippen molar-refractivity contribution in [1.29, 1.82) is 0 Å². The monoisotopic (exact) mass is 199 g/mol. The first-order valence-corrected chi connectivity index (χ1v) is 5.98. The van der Waals surface area contributed by atoms with Crippen molar-refractivity contribution < 1.29 is 0 Å². The standard InChI is InChI=1S/C12H27N2/c1-6-13(7-2)11-10-12(5)14(8-3)9-4/h12H,5-11H2,1-4H3. The van der Waals surface area contributed by atoms with Crippen LogP contribution in [-0.4, -0.2) is 48.6 Å². The second-order valence-electron chi connectivity index (χ2n) is 3.69. The van der Waals surface area contributed by atoms with E-state index in [1.54, 1.807) is 0 Å². The molecular formula is C12H27N2. The molecule has 0 aromatic carbocycles. The van der Waals surface area contributed by atoms with Crippen LogP contribution in [0.3, 0.4) is 0 Å². The van der Waals surface area contributed by atoms with E-state index in [9.17, 15) is 0 Å². The van der Waals surface area contributed by atoms with Crippen molar-refractivity contribution >= 4 is 0 Å². The van der Waals surface area contributed by atoms with Crippen molar-refractivity contribution in [3.63, 3.8) is 0 Å². The fourth-order valence-electron chi connectivity index (χ4n) is 1.79. The molecule has 0 aliphatic heterocycles. The summed E-state index contributed by atoms with van der Waals surface area (Å²) < 4.78 is 0. The molecule has 0 fully saturated rings. The zero-order chi connectivity index (χ0) is 11.0. The second kappa shape index (κ2) is 8.25. The third kappa shape index (κ3) is 4.97. The molecule has 0 aliphatic rings. The van der Waals surface area contributed by atoms with Crippen LogP contribution in [0.15, 0.2) is 0 Å². The molecule has 1 atom stereocenters. The lowest BCUT2D eigenvalue weighted by Gasteiger charge is -2.28. The molecule has 0 N–H and O–H groups in total. The first kappa shape index (κ1) is 13.9. The van der Waals surface area contributed by atoms with Crippen molar-refractivity contribution in [1.82, 2.24) is 9.80 Å². The van der Waals surface area contributed by atoms with E-state index >= 15 is 0 Å². The summed E-state index contributed by atoms with van der Waals surface area (Å²) in [5.74, 6) is 0. The summed E-state index contributed by atoms with van der Waals surface area (Å²) in [6, 6.07) is 0.477. The summed E-state index contributed by atoms with van der Waals surface area (Å²) >= 11 is 0. The van der Waals surface area contributed by atoms with Crippen LogP contribution in [0.25, 0.3) is 0 Å². The molecule has 0 rings (SSSR count). The summed E-state index contributed by atoms with van der Waals surface area (Å²) in [6.07, 6.45) is 1.18. The highest BCUT2D eigenvalue weighted by atomic mass is 15.2. The molecule has 0 saturated carbocycles. The molecule has 0 bridgehead atoms. The summed E-state index contributed by atoms with van der Waals surface area (Å²) in [6.45, 7) is 18.8. The van der Waals surface area contributed by atoms with Gasteiger partial charge in [-0.25, -0.2) is 0 Å². The third-order valence-electron chi connectivity index (χ3n) is 3.00. The molecule has 0 heterocycles. The number of hydrogen-bond donors (Lipinski definition) is 0. The largest absolute Gasteiger partial charge is 0.304 e. The van der Waals surface area contributed by atoms with Gasteiger partial charge in [0.15, 0.2) is 0 Å². The van der Waals surface area contributed by atoms with Gasteiger partial charge < -0.3 is 9.80 Å². The molecule has 85 valence electrons. The Kier molecular flexibility index (Phi) is 8.20. The van der Waals surface area contributed by atoms with Gasteiger partial charge in [-0.05, 0) is 46.1 Å². The van der Waals surface area contributed by atoms with Gasteiger partial charge in [-0.2, -0.15) is 0 Å². The Bertz CT molecular complexity index is 117. The predicted molar refractivity (Wildman–Crippen MR) is 64.5 cm³/mol. The van der Waals surface area contributed by atoms with E-state index < -0.39 is 0 Å². The maximum atomic E-state index is 4.22. The van der Waals surface area contributed by atoms with Crippen molar-refractivity contribution in [2.75, 3.05) is 32.7 Å². The van der Waals surface area contributed by atoms with Gasteiger partial charge in [0, 0.05) is 6.04 Å². The minimum Gasteiger partial charge on any atom is -0.304 e. The van der Waals surface area contributed by atoms with Crippen LogP contribution >= 0.6 is 0 Å². The van der Waals surface area contributed by atoms with E-state index in [0.717, 1.165) is 26.2 Å². The quantitative estimate of drug-likeness (QED) is 0.591. The van der Waals surface area contributed by atoms with Gasteiger partial charge in [-0.1, -0.05) is 27.7 Å². The van der Waals surface area contributed by atoms with Crippen molar-refractivity contribution in [3.8, 4) is 0 Å². The summed E-state index contributed by atoms with van der Waals surface area (Å²) in [7, 11) is 0. The Morgan fingerprint density at radius 2 is 1.43 bits per heavy atom. The Balaban J connectivity index is 3.75. The van der Waals surface area contributed by atoms with Crippen molar-refractivity contribution in [2.45, 2.75) is 40.2 Å². The lowest BCUT2D eigenvalue weighted by atomic mass is 10.2. The van der Waals surface area contributed by atoms with E-state index in [2.05, 4.69) is 44.4 Å². The second-order valence-corrected chi connectivity index (χ2v) is 3.69. The molecule has 14 heavy (non-hydrogen) atoms. The minimum atomic E-state index is 0.477. The van der Waals surface area contributed by atoms with Crippen LogP contribution < -0.4 is 0 Å². The lowest BCUT2D eigenvalue weighted by Crippen LogP contribution is -2.36. The molecule has 0 aliphatic carbocycles. The van der Waals surface area contributed by atoms with E-state index in [1.165, 1.54) is 13.0 Å². The van der Waals surface area contributed by atoms with Gasteiger partial charge in [0.1, 0.15) is 0 Å². The van der Waals surface area contributed by atoms with Crippen LogP contribution in [0.2, 0.25) is 0 Å². The molecule has 1 unspecified atom stereocenters. The zero-order valence-corrected chi connectivity index (χ0v) is 10.4. The number of rotatable bonds is 8. The average molecular weight is 199 g/mol. The SMILES string of the molecule is [CH2]C(CCN(CC)CC)N(CC)CC. The molecule has 0 saturated heterocycles. The highest BCUT2D eigenvalue weighted by Gasteiger charge is 2.10. The van der Waals surface area contributed by atoms with Gasteiger partial charge >= 0.3 is 0 Å². The zero-order valence-electron chi connectivity index (χ0n) is 10.4. The minimum absolute atomic E-state index is 0.477. The van der Waals surface area contributed by atoms with E-state index in [0.29, 0.717) is 6.04 Å². The molecular weight excluding hydrogens is 172 g/mol. The molecule has 0 spiro atoms. The van der Waals surface area contributed by atoms with Gasteiger partial charge in [-0.15, -0.1) is 0 Å². The van der Waals surface area contributed by atoms with E-state index in [4.69, 9.17) is 0 Å². The first-order valence-electron chi connectivity index (χ1n) is 5.98. The molecule has 2 heteroatoms. The lowest BCUT2D eigenvalue weighted by molar-refractivity contribution is 0.209. The number of hydrogen-bond acceptors (Lipinski definition) is 2. The van der Waals surface area contributed by atoms with Gasteiger partial charge in [0.2, 0.25) is 0 Å². The molecule has 0 aromatic heterocycles. The van der Waals surface area contributed by atoms with Gasteiger partial charge in [0.25, 0.3) is 0 Å². The third-order valence-corrected chi connectivity index (χ3v) is 3.00. The van der Waals surface area contributed by atoms with Crippen LogP contribution in [-0.2, 0) is 0 Å². The fourth-order valence-corrected chi connectivity index (χ4v) is 1.79. The summed E-state index contributed by atoms with van der Waals surface area (Å²) in [4.78, 5) is 4.88. The van der Waals surface area contributed by atoms with Crippen LogP contribution in [0.5, 0.6) is 0 Å². The van der Waals surface area contributed by atoms with Crippen LogP contribution in [0, 0.1) is 6.92 Å². The molecule has 0 amide bonds. The Hall–Kier alpha value is -0.0800. The average Bonchev–Trinajstić information content (AvgIpc) is 2.21. The van der Waals surface area contributed by atoms with Crippen molar-refractivity contribution in [3.05, 3.63) is 6.92 Å². The number of nitrogens with zero attached hydrogens (tertiary/aromatic N) is 2. The Morgan fingerprint density at radius 1 is 0.929 bits per heavy atom.